The highest BCUT2D eigenvalue weighted by Crippen LogP contribution is 2.61. The van der Waals surface area contributed by atoms with Crippen LogP contribution in [0.4, 0.5) is 0 Å². The van der Waals surface area contributed by atoms with E-state index in [1.165, 1.54) is 21.2 Å². The summed E-state index contributed by atoms with van der Waals surface area (Å²) in [6, 6.07) is 43.5. The third kappa shape index (κ3) is 6.60. The van der Waals surface area contributed by atoms with Gasteiger partial charge in [-0.15, -0.1) is 0 Å². The van der Waals surface area contributed by atoms with Crippen molar-refractivity contribution in [3.63, 3.8) is 0 Å². The maximum atomic E-state index is 6.20. The molecular weight excluding hydrogens is 520 g/mol. The van der Waals surface area contributed by atoms with E-state index >= 15 is 0 Å². The first-order chi connectivity index (χ1) is 17.5. The molecule has 0 aliphatic rings. The second-order valence-electron chi connectivity index (χ2n) is 11.3. The van der Waals surface area contributed by atoms with Gasteiger partial charge >= 0.3 is 0 Å². The molecule has 0 fully saturated rings. The molecule has 0 aliphatic carbocycles. The summed E-state index contributed by atoms with van der Waals surface area (Å²) in [7, 11) is -8.75. The van der Waals surface area contributed by atoms with Crippen LogP contribution in [0.1, 0.15) is 0 Å². The maximum Gasteiger partial charge on any atom is 0.173 e. The van der Waals surface area contributed by atoms with Gasteiger partial charge in [-0.05, 0) is 19.6 Å². The zero-order valence-electron chi connectivity index (χ0n) is 22.8. The SMILES string of the molecule is C[Si](C)(C)N=P(N=P(N[Si](C)(C)C)(c1ccccc1)c1ccccc1)(c1ccccc1)c1ccccc1. The average Bonchev–Trinajstić information content (AvgIpc) is 2.88. The smallest absolute Gasteiger partial charge is 0.173 e. The number of nitrogens with zero attached hydrogens (tertiary/aromatic N) is 2. The van der Waals surface area contributed by atoms with Crippen LogP contribution in [0.15, 0.2) is 130 Å². The van der Waals surface area contributed by atoms with Gasteiger partial charge < -0.3 is 4.41 Å². The van der Waals surface area contributed by atoms with Gasteiger partial charge in [-0.3, -0.25) is 4.75 Å². The summed E-state index contributed by atoms with van der Waals surface area (Å²) in [5.41, 5.74) is 0. The summed E-state index contributed by atoms with van der Waals surface area (Å²) in [4.78, 5) is 0. The predicted molar refractivity (Wildman–Crippen MR) is 173 cm³/mol. The Morgan fingerprint density at radius 2 is 0.811 bits per heavy atom. The van der Waals surface area contributed by atoms with Crippen molar-refractivity contribution in [2.45, 2.75) is 39.3 Å². The van der Waals surface area contributed by atoms with Crippen LogP contribution in [0, 0.1) is 0 Å². The van der Waals surface area contributed by atoms with Crippen LogP contribution in [0.5, 0.6) is 0 Å². The van der Waals surface area contributed by atoms with Crippen molar-refractivity contribution in [3.8, 4) is 0 Å². The molecule has 0 radical (unpaired) electrons. The summed E-state index contributed by atoms with van der Waals surface area (Å²) >= 11 is 0. The van der Waals surface area contributed by atoms with Crippen LogP contribution in [-0.4, -0.2) is 16.5 Å². The fourth-order valence-corrected chi connectivity index (χ4v) is 21.1. The minimum absolute atomic E-state index is 1.22. The predicted octanol–water partition coefficient (Wildman–Crippen LogP) is 7.78. The summed E-state index contributed by atoms with van der Waals surface area (Å²) in [6.07, 6.45) is 0. The number of benzene rings is 4. The molecule has 0 bridgehead atoms. The van der Waals surface area contributed by atoms with Gasteiger partial charge in [0.05, 0.1) is 7.21 Å². The van der Waals surface area contributed by atoms with Crippen LogP contribution < -0.4 is 26.0 Å². The summed E-state index contributed by atoms with van der Waals surface area (Å²) < 4.78 is 16.3. The third-order valence-electron chi connectivity index (χ3n) is 5.70. The molecule has 1 N–H and O–H groups in total. The van der Waals surface area contributed by atoms with E-state index in [1.54, 1.807) is 0 Å². The zero-order chi connectivity index (χ0) is 26.6. The number of nitrogens with one attached hydrogen (secondary N) is 1. The lowest BCUT2D eigenvalue weighted by atomic mass is 10.4. The molecule has 0 unspecified atom stereocenters. The minimum atomic E-state index is -2.54. The first-order valence-electron chi connectivity index (χ1n) is 12.8. The first-order valence-corrected chi connectivity index (χ1v) is 23.2. The van der Waals surface area contributed by atoms with Gasteiger partial charge in [0.1, 0.15) is 15.4 Å². The molecule has 4 rings (SSSR count). The van der Waals surface area contributed by atoms with Crippen LogP contribution in [-0.2, 0) is 0 Å². The second-order valence-corrected chi connectivity index (χ2v) is 27.1. The lowest BCUT2D eigenvalue weighted by Crippen LogP contribution is -2.44. The van der Waals surface area contributed by atoms with Crippen molar-refractivity contribution < 1.29 is 0 Å². The molecule has 0 atom stereocenters. The van der Waals surface area contributed by atoms with Crippen molar-refractivity contribution in [1.82, 2.24) is 4.75 Å². The van der Waals surface area contributed by atoms with E-state index in [0.29, 0.717) is 0 Å². The quantitative estimate of drug-likeness (QED) is 0.174. The molecule has 4 aromatic carbocycles. The molecule has 0 spiro atoms. The van der Waals surface area contributed by atoms with Gasteiger partial charge in [-0.1, -0.05) is 141 Å². The van der Waals surface area contributed by atoms with E-state index in [4.69, 9.17) is 8.93 Å². The minimum Gasteiger partial charge on any atom is -0.311 e. The fourth-order valence-electron chi connectivity index (χ4n) is 4.46. The van der Waals surface area contributed by atoms with Gasteiger partial charge in [0, 0.05) is 21.2 Å². The Morgan fingerprint density at radius 3 is 1.11 bits per heavy atom. The van der Waals surface area contributed by atoms with E-state index in [-0.39, 0.29) is 0 Å². The highest BCUT2D eigenvalue weighted by atomic mass is 31.2. The van der Waals surface area contributed by atoms with Crippen molar-refractivity contribution >= 4 is 52.1 Å². The fraction of sp³-hybridized carbons (Fsp3) is 0.200. The van der Waals surface area contributed by atoms with Gasteiger partial charge in [0.15, 0.2) is 8.24 Å². The van der Waals surface area contributed by atoms with Gasteiger partial charge in [-0.25, -0.2) is 4.52 Å². The van der Waals surface area contributed by atoms with Gasteiger partial charge in [0.25, 0.3) is 0 Å². The number of hydrogen-bond acceptors (Lipinski definition) is 1. The summed E-state index contributed by atoms with van der Waals surface area (Å²) in [5.74, 6) is 0. The largest absolute Gasteiger partial charge is 0.311 e. The first kappa shape index (κ1) is 27.8. The molecule has 37 heavy (non-hydrogen) atoms. The second kappa shape index (κ2) is 11.2. The summed E-state index contributed by atoms with van der Waals surface area (Å²) in [6.45, 7) is 14.1. The molecule has 4 aromatic rings. The monoisotopic (exact) mass is 559 g/mol. The van der Waals surface area contributed by atoms with Crippen molar-refractivity contribution in [3.05, 3.63) is 121 Å². The molecule has 0 aliphatic heterocycles. The highest BCUT2D eigenvalue weighted by Gasteiger charge is 2.36. The van der Waals surface area contributed by atoms with E-state index in [9.17, 15) is 0 Å². The Hall–Kier alpha value is -2.27. The molecular formula is C30H39N3P2Si2. The zero-order valence-corrected chi connectivity index (χ0v) is 26.6. The highest BCUT2D eigenvalue weighted by molar-refractivity contribution is 7.90. The summed E-state index contributed by atoms with van der Waals surface area (Å²) in [5, 5.41) is 4.95. The lowest BCUT2D eigenvalue weighted by molar-refractivity contribution is 1.41. The Kier molecular flexibility index (Phi) is 8.43. The van der Waals surface area contributed by atoms with Crippen molar-refractivity contribution in [2.75, 3.05) is 0 Å². The van der Waals surface area contributed by atoms with Gasteiger partial charge in [0.2, 0.25) is 0 Å². The van der Waals surface area contributed by atoms with E-state index < -0.39 is 30.9 Å². The Morgan fingerprint density at radius 1 is 0.486 bits per heavy atom. The third-order valence-corrected chi connectivity index (χ3v) is 19.5. The van der Waals surface area contributed by atoms with Crippen LogP contribution in [0.25, 0.3) is 0 Å². The Balaban J connectivity index is 2.30. The van der Waals surface area contributed by atoms with Crippen LogP contribution >= 0.6 is 14.4 Å². The van der Waals surface area contributed by atoms with E-state index in [2.05, 4.69) is 165 Å². The van der Waals surface area contributed by atoms with Crippen LogP contribution in [0.2, 0.25) is 39.3 Å². The Bertz CT molecular complexity index is 1330. The van der Waals surface area contributed by atoms with Crippen molar-refractivity contribution in [2.24, 2.45) is 8.93 Å². The number of hydrogen-bond donors (Lipinski definition) is 1. The lowest BCUT2D eigenvalue weighted by Gasteiger charge is -2.37. The molecule has 0 aromatic heterocycles. The van der Waals surface area contributed by atoms with E-state index in [1.807, 2.05) is 0 Å². The van der Waals surface area contributed by atoms with E-state index in [0.717, 1.165) is 0 Å². The normalized spacial score (nSPS) is 12.7. The Labute approximate surface area is 225 Å². The average molecular weight is 560 g/mol. The van der Waals surface area contributed by atoms with Crippen molar-refractivity contribution in [1.29, 1.82) is 0 Å². The maximum absolute atomic E-state index is 6.20. The molecule has 192 valence electrons. The molecule has 0 heterocycles. The molecule has 0 saturated heterocycles. The topological polar surface area (TPSA) is 36.8 Å². The molecule has 0 amide bonds. The molecule has 0 saturated carbocycles. The molecule has 3 nitrogen and oxygen atoms in total. The standard InChI is InChI=1S/C30H39N3P2Si2/c1-36(2,3)32-34(27-19-11-7-12-20-27,28-21-13-8-14-22-28)31-35(33-37(4,5)6,29-23-15-9-16-24-29)30-25-17-10-18-26-30/h7-26,32H,1-6H3. The number of rotatable bonds is 8. The van der Waals surface area contributed by atoms with Crippen LogP contribution in [0.3, 0.4) is 0 Å². The van der Waals surface area contributed by atoms with Gasteiger partial charge in [-0.2, -0.15) is 0 Å². The molecule has 7 heteroatoms.